The lowest BCUT2D eigenvalue weighted by molar-refractivity contribution is 0.0748. The van der Waals surface area contributed by atoms with Crippen molar-refractivity contribution in [2.45, 2.75) is 49.7 Å². The summed E-state index contributed by atoms with van der Waals surface area (Å²) < 4.78 is 0. The quantitative estimate of drug-likeness (QED) is 0.402. The van der Waals surface area contributed by atoms with E-state index in [1.54, 1.807) is 0 Å². The lowest BCUT2D eigenvalue weighted by Gasteiger charge is -2.51. The van der Waals surface area contributed by atoms with Crippen LogP contribution in [0.3, 0.4) is 0 Å². The molecular weight excluding hydrogens is 447 g/mol. The molecule has 3 aromatic carbocycles. The van der Waals surface area contributed by atoms with Crippen molar-refractivity contribution in [1.82, 2.24) is 9.80 Å². The van der Waals surface area contributed by atoms with Crippen molar-refractivity contribution in [3.63, 3.8) is 0 Å². The topological polar surface area (TPSA) is 6.48 Å². The van der Waals surface area contributed by atoms with Crippen LogP contribution in [-0.2, 0) is 6.54 Å². The monoisotopic (exact) mass is 476 g/mol. The highest BCUT2D eigenvalue weighted by molar-refractivity contribution is 6.32. The molecule has 3 atom stereocenters. The van der Waals surface area contributed by atoms with E-state index in [2.05, 4.69) is 77.5 Å². The molecule has 0 radical (unpaired) electrons. The second-order valence-electron chi connectivity index (χ2n) is 9.98. The highest BCUT2D eigenvalue weighted by Gasteiger charge is 2.47. The van der Waals surface area contributed by atoms with Gasteiger partial charge in [-0.05, 0) is 79.3 Å². The van der Waals surface area contributed by atoms with Gasteiger partial charge < -0.3 is 0 Å². The number of likely N-dealkylation sites (tertiary alicyclic amines) is 1. The summed E-state index contributed by atoms with van der Waals surface area (Å²) in [6, 6.07) is 24.8. The van der Waals surface area contributed by atoms with Gasteiger partial charge in [0.1, 0.15) is 0 Å². The molecule has 2 nitrogen and oxygen atoms in total. The molecule has 1 saturated heterocycles. The van der Waals surface area contributed by atoms with Crippen molar-refractivity contribution in [3.8, 4) is 0 Å². The summed E-state index contributed by atoms with van der Waals surface area (Å²) in [7, 11) is 2.35. The Hall–Kier alpha value is -1.84. The maximum Gasteiger partial charge on any atom is 0.0447 e. The Morgan fingerprint density at radius 3 is 2.21 bits per heavy atom. The van der Waals surface area contributed by atoms with Gasteiger partial charge >= 0.3 is 0 Å². The van der Waals surface area contributed by atoms with Gasteiger partial charge in [-0.25, -0.2) is 0 Å². The molecule has 0 saturated carbocycles. The molecule has 1 aliphatic heterocycles. The van der Waals surface area contributed by atoms with Crippen molar-refractivity contribution in [3.05, 3.63) is 105 Å². The van der Waals surface area contributed by atoms with E-state index in [1.165, 1.54) is 40.7 Å². The molecule has 1 heterocycles. The van der Waals surface area contributed by atoms with E-state index in [1.807, 2.05) is 6.07 Å². The number of nitrogens with zero attached hydrogens (tertiary/aromatic N) is 2. The van der Waals surface area contributed by atoms with Crippen molar-refractivity contribution in [2.75, 3.05) is 20.1 Å². The lowest BCUT2D eigenvalue weighted by atomic mass is 9.61. The number of benzene rings is 3. The maximum absolute atomic E-state index is 6.84. The molecule has 33 heavy (non-hydrogen) atoms. The van der Waals surface area contributed by atoms with Crippen LogP contribution in [0, 0.1) is 0 Å². The predicted octanol–water partition coefficient (Wildman–Crippen LogP) is 6.94. The third-order valence-corrected chi connectivity index (χ3v) is 8.97. The zero-order valence-corrected chi connectivity index (χ0v) is 20.6. The van der Waals surface area contributed by atoms with Gasteiger partial charge in [0.25, 0.3) is 0 Å². The summed E-state index contributed by atoms with van der Waals surface area (Å²) in [6.07, 6.45) is 3.56. The highest BCUT2D eigenvalue weighted by Crippen LogP contribution is 2.57. The van der Waals surface area contributed by atoms with Crippen LogP contribution < -0.4 is 0 Å². The number of rotatable bonds is 4. The summed E-state index contributed by atoms with van der Waals surface area (Å²) >= 11 is 13.6. The molecule has 4 heteroatoms. The van der Waals surface area contributed by atoms with Crippen LogP contribution in [0.15, 0.2) is 66.7 Å². The first-order chi connectivity index (χ1) is 16.1. The summed E-state index contributed by atoms with van der Waals surface area (Å²) in [4.78, 5) is 5.29. The molecule has 3 aromatic rings. The van der Waals surface area contributed by atoms with Crippen LogP contribution >= 0.6 is 23.2 Å². The minimum atomic E-state index is 0.291. The van der Waals surface area contributed by atoms with E-state index in [4.69, 9.17) is 23.2 Å². The highest BCUT2D eigenvalue weighted by atomic mass is 35.5. The number of halogens is 2. The third-order valence-electron chi connectivity index (χ3n) is 8.31. The van der Waals surface area contributed by atoms with Crippen LogP contribution in [0.2, 0.25) is 10.0 Å². The molecule has 170 valence electrons. The number of hydrogen-bond donors (Lipinski definition) is 0. The van der Waals surface area contributed by atoms with Gasteiger partial charge in [-0.15, -0.1) is 0 Å². The number of fused-ring (bicyclic) bond motifs is 1. The van der Waals surface area contributed by atoms with Gasteiger partial charge in [0.05, 0.1) is 0 Å². The van der Waals surface area contributed by atoms with Gasteiger partial charge in [0, 0.05) is 40.5 Å². The van der Waals surface area contributed by atoms with Crippen LogP contribution in [0.5, 0.6) is 0 Å². The smallest absolute Gasteiger partial charge is 0.0447 e. The molecule has 3 unspecified atom stereocenters. The molecule has 0 aromatic heterocycles. The lowest BCUT2D eigenvalue weighted by Crippen LogP contribution is -2.52. The first-order valence-corrected chi connectivity index (χ1v) is 12.9. The van der Waals surface area contributed by atoms with E-state index >= 15 is 0 Å². The minimum absolute atomic E-state index is 0.291. The standard InChI is InChI=1S/C29H30Cl2N2/c1-32(20-13-15-33(16-14-20)18-19-7-3-2-4-8-19)26-17-23-21-9-5-12-25(31)28(21)29(26)22-10-6-11-24(30)27(22)23/h2-12,20,23,26,29H,13-18H2,1H3. The Bertz CT molecular complexity index is 1150. The maximum atomic E-state index is 6.84. The molecule has 0 amide bonds. The largest absolute Gasteiger partial charge is 0.299 e. The Balaban J connectivity index is 1.25. The Morgan fingerprint density at radius 1 is 0.818 bits per heavy atom. The molecule has 7 rings (SSSR count). The van der Waals surface area contributed by atoms with Gasteiger partial charge in [0.15, 0.2) is 0 Å². The molecular formula is C29H30Cl2N2. The zero-order valence-electron chi connectivity index (χ0n) is 19.1. The van der Waals surface area contributed by atoms with Crippen LogP contribution in [0.4, 0.5) is 0 Å². The normalized spacial score (nSPS) is 24.7. The summed E-state index contributed by atoms with van der Waals surface area (Å²) in [5, 5.41) is 1.81. The molecule has 4 aliphatic rings. The predicted molar refractivity (Wildman–Crippen MR) is 137 cm³/mol. The van der Waals surface area contributed by atoms with Gasteiger partial charge in [-0.2, -0.15) is 0 Å². The van der Waals surface area contributed by atoms with E-state index in [0.717, 1.165) is 36.1 Å². The number of piperidine rings is 1. The van der Waals surface area contributed by atoms with Gasteiger partial charge in [-0.3, -0.25) is 9.80 Å². The van der Waals surface area contributed by atoms with Crippen LogP contribution in [0.25, 0.3) is 0 Å². The summed E-state index contributed by atoms with van der Waals surface area (Å²) in [5.41, 5.74) is 6.85. The fraction of sp³-hybridized carbons (Fsp3) is 0.379. The van der Waals surface area contributed by atoms with Gasteiger partial charge in [-0.1, -0.05) is 77.8 Å². The third kappa shape index (κ3) is 3.72. The number of likely N-dealkylation sites (N-methyl/N-ethyl adjacent to an activating group) is 1. The first-order valence-electron chi connectivity index (χ1n) is 12.2. The fourth-order valence-electron chi connectivity index (χ4n) is 6.71. The van der Waals surface area contributed by atoms with Crippen molar-refractivity contribution in [2.24, 2.45) is 0 Å². The number of hydrogen-bond acceptors (Lipinski definition) is 2. The Labute approximate surface area is 207 Å². The fourth-order valence-corrected chi connectivity index (χ4v) is 7.32. The Morgan fingerprint density at radius 2 is 1.48 bits per heavy atom. The van der Waals surface area contributed by atoms with E-state index in [0.29, 0.717) is 23.9 Å². The van der Waals surface area contributed by atoms with Crippen molar-refractivity contribution >= 4 is 23.2 Å². The Kier molecular flexibility index (Phi) is 5.74. The average Bonchev–Trinajstić information content (AvgIpc) is 2.85. The van der Waals surface area contributed by atoms with E-state index < -0.39 is 0 Å². The van der Waals surface area contributed by atoms with Crippen LogP contribution in [0.1, 0.15) is 58.9 Å². The van der Waals surface area contributed by atoms with Gasteiger partial charge in [0.2, 0.25) is 0 Å². The minimum Gasteiger partial charge on any atom is -0.299 e. The second kappa shape index (κ2) is 8.74. The van der Waals surface area contributed by atoms with Crippen LogP contribution in [-0.4, -0.2) is 42.0 Å². The van der Waals surface area contributed by atoms with Crippen molar-refractivity contribution in [1.29, 1.82) is 0 Å². The molecule has 3 aliphatic carbocycles. The first kappa shape index (κ1) is 21.7. The molecule has 0 N–H and O–H groups in total. The second-order valence-corrected chi connectivity index (χ2v) is 10.8. The molecule has 0 spiro atoms. The van der Waals surface area contributed by atoms with E-state index in [-0.39, 0.29) is 0 Å². The molecule has 2 bridgehead atoms. The average molecular weight is 477 g/mol. The zero-order chi connectivity index (χ0) is 22.5. The molecule has 1 fully saturated rings. The SMILES string of the molecule is CN(C1CCN(Cc2ccccc2)CC1)C1CC2c3cccc(Cl)c3C1c1cccc(Cl)c12. The summed E-state index contributed by atoms with van der Waals surface area (Å²) in [6.45, 7) is 3.37. The summed E-state index contributed by atoms with van der Waals surface area (Å²) in [5.74, 6) is 0.623. The van der Waals surface area contributed by atoms with Crippen molar-refractivity contribution < 1.29 is 0 Å². The van der Waals surface area contributed by atoms with E-state index in [9.17, 15) is 0 Å².